The molecular formula is C16H21NO3S. The molecule has 0 bridgehead atoms. The van der Waals surface area contributed by atoms with Gasteiger partial charge >= 0.3 is 5.97 Å². The number of rotatable bonds is 4. The van der Waals surface area contributed by atoms with Crippen LogP contribution in [0.4, 0.5) is 0 Å². The monoisotopic (exact) mass is 307 g/mol. The summed E-state index contributed by atoms with van der Waals surface area (Å²) in [6.07, 6.45) is 5.80. The summed E-state index contributed by atoms with van der Waals surface area (Å²) in [5, 5.41) is 9.14. The summed E-state index contributed by atoms with van der Waals surface area (Å²) in [4.78, 5) is 26.0. The highest BCUT2D eigenvalue weighted by atomic mass is 32.2. The van der Waals surface area contributed by atoms with Gasteiger partial charge in [-0.25, -0.2) is 4.79 Å². The van der Waals surface area contributed by atoms with E-state index in [9.17, 15) is 9.59 Å². The van der Waals surface area contributed by atoms with Crippen LogP contribution < -0.4 is 0 Å². The molecule has 0 atom stereocenters. The summed E-state index contributed by atoms with van der Waals surface area (Å²) in [6, 6.07) is 6.84. The van der Waals surface area contributed by atoms with Crippen LogP contribution in [-0.2, 0) is 4.79 Å². The lowest BCUT2D eigenvalue weighted by molar-refractivity contribution is -0.128. The Labute approximate surface area is 129 Å². The summed E-state index contributed by atoms with van der Waals surface area (Å²) in [6.45, 7) is 1.67. The lowest BCUT2D eigenvalue weighted by Crippen LogP contribution is -2.35. The second-order valence-corrected chi connectivity index (χ2v) is 6.26. The Hall–Kier alpha value is -1.49. The van der Waals surface area contributed by atoms with Gasteiger partial charge in [-0.2, -0.15) is 0 Å². The summed E-state index contributed by atoms with van der Waals surface area (Å²) in [5.41, 5.74) is 0.267. The van der Waals surface area contributed by atoms with Gasteiger partial charge in [0, 0.05) is 18.0 Å². The molecule has 1 aliphatic rings. The zero-order valence-electron chi connectivity index (χ0n) is 12.1. The first-order chi connectivity index (χ1) is 10.2. The third kappa shape index (κ3) is 4.77. The Morgan fingerprint density at radius 1 is 1.05 bits per heavy atom. The first-order valence-electron chi connectivity index (χ1n) is 7.41. The van der Waals surface area contributed by atoms with Gasteiger partial charge in [-0.05, 0) is 25.0 Å². The minimum absolute atomic E-state index is 0.113. The smallest absolute Gasteiger partial charge is 0.336 e. The zero-order valence-corrected chi connectivity index (χ0v) is 12.9. The summed E-state index contributed by atoms with van der Waals surface area (Å²) in [7, 11) is 0. The molecule has 2 rings (SSSR count). The number of carboxylic acid groups (broad SMARTS) is 1. The van der Waals surface area contributed by atoms with Crippen molar-refractivity contribution in [3.8, 4) is 0 Å². The van der Waals surface area contributed by atoms with E-state index < -0.39 is 5.97 Å². The number of nitrogens with zero attached hydrogens (tertiary/aromatic N) is 1. The van der Waals surface area contributed by atoms with E-state index in [0.717, 1.165) is 25.9 Å². The molecule has 0 saturated carbocycles. The molecular weight excluding hydrogens is 286 g/mol. The van der Waals surface area contributed by atoms with Crippen LogP contribution in [0.25, 0.3) is 0 Å². The van der Waals surface area contributed by atoms with Crippen LogP contribution in [-0.4, -0.2) is 40.7 Å². The Morgan fingerprint density at radius 3 is 2.33 bits per heavy atom. The van der Waals surface area contributed by atoms with Crippen LogP contribution in [0.5, 0.6) is 0 Å². The molecule has 1 heterocycles. The molecule has 114 valence electrons. The highest BCUT2D eigenvalue weighted by Crippen LogP contribution is 2.23. The number of carboxylic acids is 1. The molecule has 1 aromatic carbocycles. The number of likely N-dealkylation sites (tertiary alicyclic amines) is 1. The fourth-order valence-electron chi connectivity index (χ4n) is 2.50. The van der Waals surface area contributed by atoms with Crippen LogP contribution >= 0.6 is 11.8 Å². The van der Waals surface area contributed by atoms with Crippen molar-refractivity contribution in [1.82, 2.24) is 4.90 Å². The van der Waals surface area contributed by atoms with Gasteiger partial charge in [0.05, 0.1) is 11.3 Å². The normalized spacial score (nSPS) is 16.1. The summed E-state index contributed by atoms with van der Waals surface area (Å²) >= 11 is 1.32. The number of carbonyl (C=O) groups excluding carboxylic acids is 1. The first kappa shape index (κ1) is 15.9. The van der Waals surface area contributed by atoms with Gasteiger partial charge in [0.1, 0.15) is 0 Å². The molecule has 1 amide bonds. The lowest BCUT2D eigenvalue weighted by Gasteiger charge is -2.24. The number of carbonyl (C=O) groups is 2. The van der Waals surface area contributed by atoms with Crippen molar-refractivity contribution >= 4 is 23.6 Å². The first-order valence-corrected chi connectivity index (χ1v) is 8.40. The molecule has 1 N–H and O–H groups in total. The standard InChI is InChI=1S/C16H21NO3S/c18-15(17-10-6-2-1-3-7-11-17)12-21-14-9-5-4-8-13(14)16(19)20/h4-5,8-9H,1-3,6-7,10-12H2,(H,19,20). The number of amides is 1. The number of benzene rings is 1. The van der Waals surface area contributed by atoms with Crippen LogP contribution in [0.1, 0.15) is 42.5 Å². The van der Waals surface area contributed by atoms with Crippen LogP contribution in [0.3, 0.4) is 0 Å². The van der Waals surface area contributed by atoms with Gasteiger partial charge in [-0.1, -0.05) is 31.4 Å². The minimum Gasteiger partial charge on any atom is -0.478 e. The number of thioether (sulfide) groups is 1. The predicted octanol–water partition coefficient (Wildman–Crippen LogP) is 3.27. The van der Waals surface area contributed by atoms with E-state index >= 15 is 0 Å². The molecule has 1 fully saturated rings. The molecule has 0 radical (unpaired) electrons. The maximum Gasteiger partial charge on any atom is 0.336 e. The predicted molar refractivity (Wildman–Crippen MR) is 83.8 cm³/mol. The van der Waals surface area contributed by atoms with Gasteiger partial charge in [0.25, 0.3) is 0 Å². The molecule has 1 saturated heterocycles. The van der Waals surface area contributed by atoms with Crippen molar-refractivity contribution in [2.24, 2.45) is 0 Å². The molecule has 0 spiro atoms. The fourth-order valence-corrected chi connectivity index (χ4v) is 3.44. The highest BCUT2D eigenvalue weighted by molar-refractivity contribution is 8.00. The van der Waals surface area contributed by atoms with E-state index in [1.54, 1.807) is 24.3 Å². The molecule has 1 aliphatic heterocycles. The van der Waals surface area contributed by atoms with Crippen molar-refractivity contribution < 1.29 is 14.7 Å². The molecule has 0 aromatic heterocycles. The van der Waals surface area contributed by atoms with E-state index in [0.29, 0.717) is 10.6 Å². The van der Waals surface area contributed by atoms with E-state index in [1.165, 1.54) is 31.0 Å². The Bertz CT molecular complexity index is 496. The van der Waals surface area contributed by atoms with E-state index in [4.69, 9.17) is 5.11 Å². The van der Waals surface area contributed by atoms with E-state index in [1.807, 2.05) is 4.90 Å². The maximum atomic E-state index is 12.3. The lowest BCUT2D eigenvalue weighted by atomic mass is 10.1. The van der Waals surface area contributed by atoms with Crippen LogP contribution in [0.15, 0.2) is 29.2 Å². The average Bonchev–Trinajstić information content (AvgIpc) is 2.44. The quantitative estimate of drug-likeness (QED) is 0.867. The SMILES string of the molecule is O=C(O)c1ccccc1SCC(=O)N1CCCCCCC1. The van der Waals surface area contributed by atoms with Gasteiger partial charge < -0.3 is 10.0 Å². The number of hydrogen-bond donors (Lipinski definition) is 1. The topological polar surface area (TPSA) is 57.6 Å². The Balaban J connectivity index is 1.92. The number of aromatic carboxylic acids is 1. The molecule has 1 aromatic rings. The molecule has 4 nitrogen and oxygen atoms in total. The van der Waals surface area contributed by atoms with Crippen molar-refractivity contribution in [3.05, 3.63) is 29.8 Å². The minimum atomic E-state index is -0.947. The summed E-state index contributed by atoms with van der Waals surface area (Å²) in [5.74, 6) is -0.525. The van der Waals surface area contributed by atoms with Crippen molar-refractivity contribution in [1.29, 1.82) is 0 Å². The van der Waals surface area contributed by atoms with Gasteiger partial charge in [0.2, 0.25) is 5.91 Å². The summed E-state index contributed by atoms with van der Waals surface area (Å²) < 4.78 is 0. The Kier molecular flexibility index (Phi) is 6.11. The molecule has 0 unspecified atom stereocenters. The van der Waals surface area contributed by atoms with E-state index in [-0.39, 0.29) is 11.5 Å². The maximum absolute atomic E-state index is 12.3. The third-order valence-corrected chi connectivity index (χ3v) is 4.74. The van der Waals surface area contributed by atoms with Crippen LogP contribution in [0.2, 0.25) is 0 Å². The fraction of sp³-hybridized carbons (Fsp3) is 0.500. The van der Waals surface area contributed by atoms with E-state index in [2.05, 4.69) is 0 Å². The molecule has 0 aliphatic carbocycles. The second kappa shape index (κ2) is 8.08. The van der Waals surface area contributed by atoms with Crippen molar-refractivity contribution in [2.75, 3.05) is 18.8 Å². The second-order valence-electron chi connectivity index (χ2n) is 5.24. The third-order valence-electron chi connectivity index (χ3n) is 3.68. The van der Waals surface area contributed by atoms with Gasteiger partial charge in [0.15, 0.2) is 0 Å². The molecule has 21 heavy (non-hydrogen) atoms. The zero-order chi connectivity index (χ0) is 15.1. The highest BCUT2D eigenvalue weighted by Gasteiger charge is 2.16. The van der Waals surface area contributed by atoms with Crippen LogP contribution in [0, 0.1) is 0 Å². The Morgan fingerprint density at radius 2 is 1.67 bits per heavy atom. The van der Waals surface area contributed by atoms with Crippen molar-refractivity contribution in [3.63, 3.8) is 0 Å². The van der Waals surface area contributed by atoms with Gasteiger partial charge in [-0.3, -0.25) is 4.79 Å². The molecule has 5 heteroatoms. The largest absolute Gasteiger partial charge is 0.478 e. The average molecular weight is 307 g/mol. The van der Waals surface area contributed by atoms with Gasteiger partial charge in [-0.15, -0.1) is 11.8 Å². The van der Waals surface area contributed by atoms with Crippen molar-refractivity contribution in [2.45, 2.75) is 37.0 Å². The number of hydrogen-bond acceptors (Lipinski definition) is 3.